The van der Waals surface area contributed by atoms with Gasteiger partial charge in [0.15, 0.2) is 0 Å². The number of hydrogen-bond acceptors (Lipinski definition) is 3. The van der Waals surface area contributed by atoms with Gasteiger partial charge in [-0.2, -0.15) is 0 Å². The summed E-state index contributed by atoms with van der Waals surface area (Å²) in [5.41, 5.74) is 5.25. The van der Waals surface area contributed by atoms with Gasteiger partial charge in [0.05, 0.1) is 11.4 Å². The minimum absolute atomic E-state index is 0.341. The molecule has 0 spiro atoms. The fourth-order valence-corrected chi connectivity index (χ4v) is 3.01. The second-order valence-corrected chi connectivity index (χ2v) is 5.63. The summed E-state index contributed by atoms with van der Waals surface area (Å²) in [6, 6.07) is 17.7. The molecule has 0 bridgehead atoms. The Bertz CT molecular complexity index is 623. The molecule has 1 unspecified atom stereocenters. The van der Waals surface area contributed by atoms with Crippen LogP contribution in [0.15, 0.2) is 48.5 Å². The number of anilines is 3. The van der Waals surface area contributed by atoms with Gasteiger partial charge in [0.25, 0.3) is 0 Å². The predicted molar refractivity (Wildman–Crippen MR) is 90.6 cm³/mol. The number of fused-ring (bicyclic) bond motifs is 1. The first-order valence-electron chi connectivity index (χ1n) is 7.56. The van der Waals surface area contributed by atoms with Crippen LogP contribution in [0.4, 0.5) is 17.1 Å². The summed E-state index contributed by atoms with van der Waals surface area (Å²) in [5.74, 6) is 0. The van der Waals surface area contributed by atoms with Crippen molar-refractivity contribution in [3.8, 4) is 0 Å². The van der Waals surface area contributed by atoms with E-state index < -0.39 is 0 Å². The van der Waals surface area contributed by atoms with E-state index in [0.717, 1.165) is 13.1 Å². The van der Waals surface area contributed by atoms with E-state index in [1.54, 1.807) is 0 Å². The standard InChI is InChI=1S/C18H23N3/c1-14(19-2)15-8-4-5-9-16(15)21-13-12-20(3)17-10-6-7-11-18(17)21/h4-11,14,19H,12-13H2,1-3H3. The van der Waals surface area contributed by atoms with E-state index in [1.807, 2.05) is 7.05 Å². The Labute approximate surface area is 127 Å². The van der Waals surface area contributed by atoms with Gasteiger partial charge in [0, 0.05) is 31.9 Å². The molecule has 3 heteroatoms. The van der Waals surface area contributed by atoms with Crippen molar-refractivity contribution in [3.63, 3.8) is 0 Å². The third-order valence-corrected chi connectivity index (χ3v) is 4.37. The molecule has 0 fully saturated rings. The maximum atomic E-state index is 3.36. The topological polar surface area (TPSA) is 18.5 Å². The highest BCUT2D eigenvalue weighted by atomic mass is 15.3. The highest BCUT2D eigenvalue weighted by Gasteiger charge is 2.23. The number of para-hydroxylation sites is 3. The first kappa shape index (κ1) is 14.0. The molecular formula is C18H23N3. The molecule has 2 aromatic carbocycles. The molecule has 0 aliphatic carbocycles. The minimum Gasteiger partial charge on any atom is -0.371 e. The summed E-state index contributed by atoms with van der Waals surface area (Å²) in [6.07, 6.45) is 0. The lowest BCUT2D eigenvalue weighted by atomic mass is 10.0. The van der Waals surface area contributed by atoms with Crippen LogP contribution in [0.1, 0.15) is 18.5 Å². The lowest BCUT2D eigenvalue weighted by Gasteiger charge is -2.38. The highest BCUT2D eigenvalue weighted by molar-refractivity contribution is 5.80. The van der Waals surface area contributed by atoms with Crippen molar-refractivity contribution in [2.75, 3.05) is 37.0 Å². The number of nitrogens with one attached hydrogen (secondary N) is 1. The minimum atomic E-state index is 0.341. The molecule has 1 atom stereocenters. The van der Waals surface area contributed by atoms with Crippen LogP contribution >= 0.6 is 0 Å². The zero-order valence-electron chi connectivity index (χ0n) is 13.0. The predicted octanol–water partition coefficient (Wildman–Crippen LogP) is 3.55. The van der Waals surface area contributed by atoms with Crippen molar-refractivity contribution < 1.29 is 0 Å². The highest BCUT2D eigenvalue weighted by Crippen LogP contribution is 2.39. The van der Waals surface area contributed by atoms with Gasteiger partial charge in [-0.15, -0.1) is 0 Å². The van der Waals surface area contributed by atoms with Gasteiger partial charge in [-0.3, -0.25) is 0 Å². The number of nitrogens with zero attached hydrogens (tertiary/aromatic N) is 2. The van der Waals surface area contributed by atoms with Crippen molar-refractivity contribution in [1.29, 1.82) is 0 Å². The smallest absolute Gasteiger partial charge is 0.0649 e. The lowest BCUT2D eigenvalue weighted by Crippen LogP contribution is -2.37. The molecule has 1 N–H and O–H groups in total. The van der Waals surface area contributed by atoms with Crippen LogP contribution in [-0.2, 0) is 0 Å². The van der Waals surface area contributed by atoms with Crippen LogP contribution < -0.4 is 15.1 Å². The van der Waals surface area contributed by atoms with Gasteiger partial charge >= 0.3 is 0 Å². The largest absolute Gasteiger partial charge is 0.371 e. The van der Waals surface area contributed by atoms with Gasteiger partial charge in [-0.05, 0) is 37.7 Å². The van der Waals surface area contributed by atoms with E-state index in [4.69, 9.17) is 0 Å². The molecule has 1 aliphatic rings. The number of likely N-dealkylation sites (N-methyl/N-ethyl adjacent to an activating group) is 1. The number of rotatable bonds is 3. The van der Waals surface area contributed by atoms with Crippen molar-refractivity contribution in [1.82, 2.24) is 5.32 Å². The summed E-state index contributed by atoms with van der Waals surface area (Å²) in [4.78, 5) is 4.77. The third kappa shape index (κ3) is 2.49. The molecule has 1 heterocycles. The van der Waals surface area contributed by atoms with Crippen LogP contribution in [0, 0.1) is 0 Å². The van der Waals surface area contributed by atoms with Gasteiger partial charge in [0.2, 0.25) is 0 Å². The second-order valence-electron chi connectivity index (χ2n) is 5.63. The first-order valence-corrected chi connectivity index (χ1v) is 7.56. The molecule has 3 rings (SSSR count). The number of hydrogen-bond donors (Lipinski definition) is 1. The van der Waals surface area contributed by atoms with Gasteiger partial charge in [0.1, 0.15) is 0 Å². The van der Waals surface area contributed by atoms with Gasteiger partial charge < -0.3 is 15.1 Å². The van der Waals surface area contributed by atoms with Crippen LogP contribution in [0.5, 0.6) is 0 Å². The van der Waals surface area contributed by atoms with E-state index in [0.29, 0.717) is 6.04 Å². The van der Waals surface area contributed by atoms with E-state index in [-0.39, 0.29) is 0 Å². The van der Waals surface area contributed by atoms with Crippen molar-refractivity contribution in [2.24, 2.45) is 0 Å². The SMILES string of the molecule is CNC(C)c1ccccc1N1CCN(C)c2ccccc21. The monoisotopic (exact) mass is 281 g/mol. The van der Waals surface area contributed by atoms with Crippen molar-refractivity contribution >= 4 is 17.1 Å². The molecule has 2 aromatic rings. The maximum Gasteiger partial charge on any atom is 0.0649 e. The molecular weight excluding hydrogens is 258 g/mol. The molecule has 0 radical (unpaired) electrons. The molecule has 0 amide bonds. The fourth-order valence-electron chi connectivity index (χ4n) is 3.01. The summed E-state index contributed by atoms with van der Waals surface area (Å²) >= 11 is 0. The summed E-state index contributed by atoms with van der Waals surface area (Å²) in [5, 5.41) is 3.36. The molecule has 1 aliphatic heterocycles. The van der Waals surface area contributed by atoms with E-state index >= 15 is 0 Å². The summed E-state index contributed by atoms with van der Waals surface area (Å²) < 4.78 is 0. The van der Waals surface area contributed by atoms with Crippen LogP contribution in [0.2, 0.25) is 0 Å². The summed E-state index contributed by atoms with van der Waals surface area (Å²) in [6.45, 7) is 4.26. The average Bonchev–Trinajstić information content (AvgIpc) is 2.55. The van der Waals surface area contributed by atoms with Crippen LogP contribution in [0.25, 0.3) is 0 Å². The van der Waals surface area contributed by atoms with E-state index in [2.05, 4.69) is 77.6 Å². The zero-order valence-corrected chi connectivity index (χ0v) is 13.0. The maximum absolute atomic E-state index is 3.36. The molecule has 0 aromatic heterocycles. The average molecular weight is 281 g/mol. The van der Waals surface area contributed by atoms with Gasteiger partial charge in [-0.25, -0.2) is 0 Å². The lowest BCUT2D eigenvalue weighted by molar-refractivity contribution is 0.650. The number of benzene rings is 2. The molecule has 0 saturated heterocycles. The Morgan fingerprint density at radius 3 is 2.24 bits per heavy atom. The molecule has 110 valence electrons. The normalized spacial score (nSPS) is 15.8. The second kappa shape index (κ2) is 5.78. The molecule has 0 saturated carbocycles. The third-order valence-electron chi connectivity index (χ3n) is 4.37. The Hall–Kier alpha value is -2.00. The Morgan fingerprint density at radius 1 is 0.905 bits per heavy atom. The fraction of sp³-hybridized carbons (Fsp3) is 0.333. The molecule has 3 nitrogen and oxygen atoms in total. The Balaban J connectivity index is 2.08. The van der Waals surface area contributed by atoms with Crippen LogP contribution in [0.3, 0.4) is 0 Å². The van der Waals surface area contributed by atoms with E-state index in [1.165, 1.54) is 22.6 Å². The Morgan fingerprint density at radius 2 is 1.52 bits per heavy atom. The molecule has 21 heavy (non-hydrogen) atoms. The summed E-state index contributed by atoms with van der Waals surface area (Å²) in [7, 11) is 4.18. The van der Waals surface area contributed by atoms with Crippen molar-refractivity contribution in [3.05, 3.63) is 54.1 Å². The quantitative estimate of drug-likeness (QED) is 0.928. The first-order chi connectivity index (χ1) is 10.2. The zero-order chi connectivity index (χ0) is 14.8. The van der Waals surface area contributed by atoms with E-state index in [9.17, 15) is 0 Å². The van der Waals surface area contributed by atoms with Gasteiger partial charge in [-0.1, -0.05) is 30.3 Å². The van der Waals surface area contributed by atoms with Crippen molar-refractivity contribution in [2.45, 2.75) is 13.0 Å². The Kier molecular flexibility index (Phi) is 3.84. The van der Waals surface area contributed by atoms with Crippen LogP contribution in [-0.4, -0.2) is 27.2 Å².